The second-order valence-corrected chi connectivity index (χ2v) is 6.20. The van der Waals surface area contributed by atoms with Crippen LogP contribution in [0.3, 0.4) is 0 Å². The van der Waals surface area contributed by atoms with Crippen LogP contribution in [0.5, 0.6) is 5.75 Å². The highest BCUT2D eigenvalue weighted by atomic mass is 32.2. The summed E-state index contributed by atoms with van der Waals surface area (Å²) >= 11 is 2.13. The first-order valence-corrected chi connectivity index (χ1v) is 7.80. The van der Waals surface area contributed by atoms with Gasteiger partial charge in [-0.3, -0.25) is 0 Å². The second-order valence-electron chi connectivity index (χ2n) is 4.86. The van der Waals surface area contributed by atoms with Gasteiger partial charge >= 0.3 is 0 Å². The number of hydrogen-bond acceptors (Lipinski definition) is 3. The molecule has 0 spiro atoms. The molecule has 1 fully saturated rings. The van der Waals surface area contributed by atoms with Crippen molar-refractivity contribution >= 4 is 11.8 Å². The highest BCUT2D eigenvalue weighted by molar-refractivity contribution is 8.00. The van der Waals surface area contributed by atoms with Gasteiger partial charge in [-0.15, -0.1) is 0 Å². The predicted octanol–water partition coefficient (Wildman–Crippen LogP) is 3.11. The van der Waals surface area contributed by atoms with E-state index in [4.69, 9.17) is 4.74 Å². The first-order valence-electron chi connectivity index (χ1n) is 6.75. The summed E-state index contributed by atoms with van der Waals surface area (Å²) in [7, 11) is 3.81. The van der Waals surface area contributed by atoms with Crippen LogP contribution in [0.15, 0.2) is 24.3 Å². The molecule has 0 bridgehead atoms. The zero-order valence-electron chi connectivity index (χ0n) is 11.3. The average Bonchev–Trinajstić information content (AvgIpc) is 2.46. The van der Waals surface area contributed by atoms with Crippen LogP contribution in [0.1, 0.15) is 24.8 Å². The van der Waals surface area contributed by atoms with E-state index in [1.807, 2.05) is 6.07 Å². The van der Waals surface area contributed by atoms with Crippen molar-refractivity contribution in [2.24, 2.45) is 0 Å². The third kappa shape index (κ3) is 3.66. The summed E-state index contributed by atoms with van der Waals surface area (Å²) in [4.78, 5) is 0. The minimum atomic E-state index is 0.572. The van der Waals surface area contributed by atoms with Gasteiger partial charge < -0.3 is 10.1 Å². The molecule has 0 aliphatic carbocycles. The third-order valence-electron chi connectivity index (χ3n) is 3.62. The molecule has 1 aromatic carbocycles. The van der Waals surface area contributed by atoms with Crippen molar-refractivity contribution in [3.8, 4) is 5.75 Å². The van der Waals surface area contributed by atoms with E-state index < -0.39 is 0 Å². The molecule has 3 heteroatoms. The van der Waals surface area contributed by atoms with Crippen LogP contribution in [-0.4, -0.2) is 31.2 Å². The summed E-state index contributed by atoms with van der Waals surface area (Å²) < 4.78 is 5.29. The summed E-state index contributed by atoms with van der Waals surface area (Å²) in [5, 5.41) is 4.26. The Balaban J connectivity index is 1.99. The Bertz CT molecular complexity index is 363. The predicted molar refractivity (Wildman–Crippen MR) is 79.6 cm³/mol. The Morgan fingerprint density at radius 3 is 3.00 bits per heavy atom. The third-order valence-corrected chi connectivity index (χ3v) is 5.14. The number of rotatable bonds is 5. The number of likely N-dealkylation sites (N-methyl/N-ethyl adjacent to an activating group) is 1. The summed E-state index contributed by atoms with van der Waals surface area (Å²) in [5.41, 5.74) is 1.36. The SMILES string of the molecule is CNC(Cc1cccc(OC)c1)C1CCCCS1. The Hall–Kier alpha value is -0.670. The van der Waals surface area contributed by atoms with Gasteiger partial charge in [-0.05, 0) is 49.8 Å². The molecule has 1 aromatic rings. The van der Waals surface area contributed by atoms with Crippen molar-refractivity contribution in [3.63, 3.8) is 0 Å². The normalized spacial score (nSPS) is 21.6. The van der Waals surface area contributed by atoms with Crippen LogP contribution in [0.25, 0.3) is 0 Å². The van der Waals surface area contributed by atoms with Crippen molar-refractivity contribution in [2.45, 2.75) is 37.0 Å². The van der Waals surface area contributed by atoms with E-state index in [0.29, 0.717) is 6.04 Å². The maximum Gasteiger partial charge on any atom is 0.119 e. The molecular formula is C15H23NOS. The molecule has 1 N–H and O–H groups in total. The molecule has 100 valence electrons. The summed E-state index contributed by atoms with van der Waals surface area (Å²) in [6.45, 7) is 0. The topological polar surface area (TPSA) is 21.3 Å². The Kier molecular flexibility index (Phi) is 5.39. The maximum atomic E-state index is 5.29. The summed E-state index contributed by atoms with van der Waals surface area (Å²) in [5.74, 6) is 2.28. The lowest BCUT2D eigenvalue weighted by Gasteiger charge is -2.29. The van der Waals surface area contributed by atoms with Gasteiger partial charge in [0.05, 0.1) is 7.11 Å². The van der Waals surface area contributed by atoms with Gasteiger partial charge in [0.2, 0.25) is 0 Å². The van der Waals surface area contributed by atoms with Crippen molar-refractivity contribution in [1.82, 2.24) is 5.32 Å². The van der Waals surface area contributed by atoms with Crippen LogP contribution in [-0.2, 0) is 6.42 Å². The lowest BCUT2D eigenvalue weighted by atomic mass is 9.99. The molecule has 0 saturated carbocycles. The maximum absolute atomic E-state index is 5.29. The van der Waals surface area contributed by atoms with Gasteiger partial charge in [-0.1, -0.05) is 18.6 Å². The number of thioether (sulfide) groups is 1. The second kappa shape index (κ2) is 7.05. The molecule has 0 aromatic heterocycles. The zero-order chi connectivity index (χ0) is 12.8. The minimum absolute atomic E-state index is 0.572. The molecule has 1 aliphatic heterocycles. The first kappa shape index (κ1) is 13.8. The van der Waals surface area contributed by atoms with E-state index in [-0.39, 0.29) is 0 Å². The van der Waals surface area contributed by atoms with Gasteiger partial charge in [0.1, 0.15) is 5.75 Å². The number of benzene rings is 1. The monoisotopic (exact) mass is 265 g/mol. The van der Waals surface area contributed by atoms with Gasteiger partial charge in [0.15, 0.2) is 0 Å². The smallest absolute Gasteiger partial charge is 0.119 e. The van der Waals surface area contributed by atoms with E-state index in [1.165, 1.54) is 30.6 Å². The molecule has 18 heavy (non-hydrogen) atoms. The van der Waals surface area contributed by atoms with Gasteiger partial charge in [-0.25, -0.2) is 0 Å². The lowest BCUT2D eigenvalue weighted by molar-refractivity contribution is 0.413. The summed E-state index contributed by atoms with van der Waals surface area (Å²) in [6, 6.07) is 9.00. The standard InChI is InChI=1S/C15H23NOS/c1-16-14(15-8-3-4-9-18-15)11-12-6-5-7-13(10-12)17-2/h5-7,10,14-16H,3-4,8-9,11H2,1-2H3. The van der Waals surface area contributed by atoms with Crippen LogP contribution in [0, 0.1) is 0 Å². The van der Waals surface area contributed by atoms with Crippen LogP contribution >= 0.6 is 11.8 Å². The molecule has 1 heterocycles. The Morgan fingerprint density at radius 2 is 2.33 bits per heavy atom. The molecule has 2 nitrogen and oxygen atoms in total. The Morgan fingerprint density at radius 1 is 1.44 bits per heavy atom. The fraction of sp³-hybridized carbons (Fsp3) is 0.600. The van der Waals surface area contributed by atoms with Crippen molar-refractivity contribution in [2.75, 3.05) is 19.9 Å². The highest BCUT2D eigenvalue weighted by Crippen LogP contribution is 2.29. The molecular weight excluding hydrogens is 242 g/mol. The van der Waals surface area contributed by atoms with E-state index in [2.05, 4.69) is 42.3 Å². The number of ether oxygens (including phenoxy) is 1. The largest absolute Gasteiger partial charge is 0.497 e. The summed E-state index contributed by atoms with van der Waals surface area (Å²) in [6.07, 6.45) is 5.20. The molecule has 2 rings (SSSR count). The van der Waals surface area contributed by atoms with Crippen molar-refractivity contribution in [1.29, 1.82) is 0 Å². The van der Waals surface area contributed by atoms with Crippen LogP contribution < -0.4 is 10.1 Å². The van der Waals surface area contributed by atoms with Gasteiger partial charge in [-0.2, -0.15) is 11.8 Å². The number of nitrogens with one attached hydrogen (secondary N) is 1. The van der Waals surface area contributed by atoms with Crippen molar-refractivity contribution < 1.29 is 4.74 Å². The molecule has 0 amide bonds. The average molecular weight is 265 g/mol. The molecule has 1 aliphatic rings. The molecule has 0 radical (unpaired) electrons. The van der Waals surface area contributed by atoms with Gasteiger partial charge in [0.25, 0.3) is 0 Å². The van der Waals surface area contributed by atoms with Crippen molar-refractivity contribution in [3.05, 3.63) is 29.8 Å². The van der Waals surface area contributed by atoms with Crippen LogP contribution in [0.4, 0.5) is 0 Å². The van der Waals surface area contributed by atoms with E-state index in [0.717, 1.165) is 17.4 Å². The highest BCUT2D eigenvalue weighted by Gasteiger charge is 2.23. The number of methoxy groups -OCH3 is 1. The van der Waals surface area contributed by atoms with E-state index >= 15 is 0 Å². The van der Waals surface area contributed by atoms with E-state index in [1.54, 1.807) is 7.11 Å². The molecule has 2 atom stereocenters. The quantitative estimate of drug-likeness (QED) is 0.884. The zero-order valence-corrected chi connectivity index (χ0v) is 12.1. The molecule has 2 unspecified atom stereocenters. The first-order chi connectivity index (χ1) is 8.83. The van der Waals surface area contributed by atoms with Crippen LogP contribution in [0.2, 0.25) is 0 Å². The Labute approximate surface area is 114 Å². The van der Waals surface area contributed by atoms with E-state index in [9.17, 15) is 0 Å². The fourth-order valence-corrected chi connectivity index (χ4v) is 4.03. The molecule has 1 saturated heterocycles. The lowest BCUT2D eigenvalue weighted by Crippen LogP contribution is -2.38. The minimum Gasteiger partial charge on any atom is -0.497 e. The van der Waals surface area contributed by atoms with Gasteiger partial charge in [0, 0.05) is 11.3 Å². The fourth-order valence-electron chi connectivity index (χ4n) is 2.56. The number of hydrogen-bond donors (Lipinski definition) is 1.